The molecule has 14 heteroatoms. The lowest BCUT2D eigenvalue weighted by atomic mass is 9.97. The van der Waals surface area contributed by atoms with Crippen molar-refractivity contribution in [1.82, 2.24) is 35.4 Å². The number of likely N-dealkylation sites (N-methyl/N-ethyl adjacent to an activating group) is 1. The van der Waals surface area contributed by atoms with Gasteiger partial charge in [0.05, 0.1) is 12.1 Å². The lowest BCUT2D eigenvalue weighted by Crippen LogP contribution is -2.51. The summed E-state index contributed by atoms with van der Waals surface area (Å²) >= 11 is 5.88. The third-order valence-corrected chi connectivity index (χ3v) is 7.29. The number of anilines is 3. The Bertz CT molecular complexity index is 1220. The molecule has 2 aromatic heterocycles. The first-order valence-electron chi connectivity index (χ1n) is 12.2. The molecular formula is C23H30ClN11O2. The van der Waals surface area contributed by atoms with Crippen molar-refractivity contribution in [1.29, 1.82) is 0 Å². The second kappa shape index (κ2) is 10.1. The van der Waals surface area contributed by atoms with Gasteiger partial charge in [-0.05, 0) is 19.2 Å². The van der Waals surface area contributed by atoms with Crippen LogP contribution in [0.3, 0.4) is 0 Å². The maximum atomic E-state index is 13.1. The van der Waals surface area contributed by atoms with Crippen LogP contribution < -0.4 is 27.0 Å². The van der Waals surface area contributed by atoms with E-state index in [1.165, 1.54) is 0 Å². The molecule has 6 N–H and O–H groups in total. The molecule has 37 heavy (non-hydrogen) atoms. The van der Waals surface area contributed by atoms with Gasteiger partial charge in [0.2, 0.25) is 0 Å². The summed E-state index contributed by atoms with van der Waals surface area (Å²) in [5.41, 5.74) is 11.3. The quantitative estimate of drug-likeness (QED) is 0.419. The highest BCUT2D eigenvalue weighted by Gasteiger charge is 2.39. The first kappa shape index (κ1) is 25.1. The lowest BCUT2D eigenvalue weighted by molar-refractivity contribution is 0.0658. The molecule has 1 spiro atoms. The molecule has 0 bridgehead atoms. The number of carbonyl (C=O) groups excluding carboxylic acids is 2. The van der Waals surface area contributed by atoms with E-state index in [2.05, 4.69) is 42.4 Å². The van der Waals surface area contributed by atoms with Gasteiger partial charge < -0.3 is 31.5 Å². The van der Waals surface area contributed by atoms with E-state index in [9.17, 15) is 9.59 Å². The summed E-state index contributed by atoms with van der Waals surface area (Å²) in [6.45, 7) is 5.28. The Morgan fingerprint density at radius 3 is 2.46 bits per heavy atom. The van der Waals surface area contributed by atoms with E-state index in [0.29, 0.717) is 43.9 Å². The number of piperidine rings is 1. The van der Waals surface area contributed by atoms with Crippen LogP contribution in [0.4, 0.5) is 17.5 Å². The maximum Gasteiger partial charge on any atom is 0.279 e. The van der Waals surface area contributed by atoms with Crippen molar-refractivity contribution in [2.45, 2.75) is 18.5 Å². The molecule has 196 valence electrons. The number of aromatic nitrogens is 3. The number of nitrogen functional groups attached to an aromatic ring is 2. The van der Waals surface area contributed by atoms with Crippen molar-refractivity contribution >= 4 is 46.7 Å². The van der Waals surface area contributed by atoms with Gasteiger partial charge in [0.15, 0.2) is 22.5 Å². The Hall–Kier alpha value is -3.55. The minimum Gasteiger partial charge on any atom is -0.382 e. The molecule has 0 aliphatic carbocycles. The summed E-state index contributed by atoms with van der Waals surface area (Å²) in [5, 5.41) is 6.00. The maximum absolute atomic E-state index is 13.1. The zero-order valence-corrected chi connectivity index (χ0v) is 21.3. The number of amides is 2. The first-order chi connectivity index (χ1) is 17.7. The third-order valence-electron chi connectivity index (χ3n) is 7.01. The van der Waals surface area contributed by atoms with E-state index in [1.807, 2.05) is 17.0 Å². The summed E-state index contributed by atoms with van der Waals surface area (Å²) in [7, 11) is 2.11. The van der Waals surface area contributed by atoms with E-state index in [-0.39, 0.29) is 28.4 Å². The molecule has 3 aliphatic rings. The molecule has 2 fully saturated rings. The average molecular weight is 528 g/mol. The van der Waals surface area contributed by atoms with Gasteiger partial charge in [-0.3, -0.25) is 14.9 Å². The Labute approximate surface area is 219 Å². The largest absolute Gasteiger partial charge is 0.382 e. The summed E-state index contributed by atoms with van der Waals surface area (Å²) in [6.07, 6.45) is 2.89. The van der Waals surface area contributed by atoms with Crippen LogP contribution in [0.15, 0.2) is 23.3 Å². The molecule has 0 saturated carbocycles. The Morgan fingerprint density at radius 2 is 1.78 bits per heavy atom. The number of nitrogens with two attached hydrogens (primary N) is 2. The smallest absolute Gasteiger partial charge is 0.279 e. The number of aliphatic imine (C=N–C) groups is 1. The van der Waals surface area contributed by atoms with Crippen LogP contribution in [0.2, 0.25) is 5.15 Å². The van der Waals surface area contributed by atoms with Gasteiger partial charge in [0.25, 0.3) is 11.8 Å². The zero-order chi connectivity index (χ0) is 26.2. The minimum absolute atomic E-state index is 0.0439. The fourth-order valence-electron chi connectivity index (χ4n) is 4.74. The van der Waals surface area contributed by atoms with Crippen LogP contribution in [-0.4, -0.2) is 101 Å². The first-order valence-corrected chi connectivity index (χ1v) is 12.5. The molecule has 3 aliphatic heterocycles. The van der Waals surface area contributed by atoms with Crippen molar-refractivity contribution in [3.63, 3.8) is 0 Å². The number of nitrogens with one attached hydrogen (secondary N) is 2. The van der Waals surface area contributed by atoms with Gasteiger partial charge in [-0.25, -0.2) is 19.9 Å². The Balaban J connectivity index is 1.17. The molecule has 0 unspecified atom stereocenters. The summed E-state index contributed by atoms with van der Waals surface area (Å²) in [5.74, 6) is 0.593. The van der Waals surface area contributed by atoms with Gasteiger partial charge in [-0.15, -0.1) is 0 Å². The summed E-state index contributed by atoms with van der Waals surface area (Å²) < 4.78 is 0. The second-order valence-corrected chi connectivity index (χ2v) is 9.88. The molecule has 0 atom stereocenters. The summed E-state index contributed by atoms with van der Waals surface area (Å²) in [4.78, 5) is 49.1. The Kier molecular flexibility index (Phi) is 6.84. The third kappa shape index (κ3) is 5.29. The van der Waals surface area contributed by atoms with E-state index in [1.54, 1.807) is 6.20 Å². The number of hydrogen-bond donors (Lipinski definition) is 4. The van der Waals surface area contributed by atoms with Crippen molar-refractivity contribution in [2.24, 2.45) is 4.99 Å². The minimum atomic E-state index is -0.565. The van der Waals surface area contributed by atoms with Gasteiger partial charge in [0, 0.05) is 58.3 Å². The fraction of sp³-hybridized carbons (Fsp3) is 0.478. The van der Waals surface area contributed by atoms with E-state index >= 15 is 0 Å². The molecule has 13 nitrogen and oxygen atoms in total. The molecular weight excluding hydrogens is 498 g/mol. The highest BCUT2D eigenvalue weighted by molar-refractivity contribution is 6.31. The Morgan fingerprint density at radius 1 is 1.05 bits per heavy atom. The molecule has 2 amide bonds. The number of hydrogen-bond acceptors (Lipinski definition) is 11. The highest BCUT2D eigenvalue weighted by atomic mass is 35.5. The summed E-state index contributed by atoms with van der Waals surface area (Å²) in [6, 6.07) is 3.78. The second-order valence-electron chi connectivity index (χ2n) is 9.52. The van der Waals surface area contributed by atoms with E-state index in [4.69, 9.17) is 28.1 Å². The molecule has 5 heterocycles. The fourth-order valence-corrected chi connectivity index (χ4v) is 4.87. The van der Waals surface area contributed by atoms with Crippen LogP contribution in [-0.2, 0) is 0 Å². The van der Waals surface area contributed by atoms with Crippen LogP contribution in [0.1, 0.15) is 33.7 Å². The van der Waals surface area contributed by atoms with Crippen molar-refractivity contribution in [2.75, 3.05) is 69.2 Å². The number of carbonyl (C=O) groups is 2. The highest BCUT2D eigenvalue weighted by Crippen LogP contribution is 2.28. The van der Waals surface area contributed by atoms with Crippen molar-refractivity contribution < 1.29 is 9.59 Å². The average Bonchev–Trinajstić information content (AvgIpc) is 3.28. The molecule has 0 radical (unpaired) electrons. The van der Waals surface area contributed by atoms with Crippen molar-refractivity contribution in [3.8, 4) is 0 Å². The van der Waals surface area contributed by atoms with Gasteiger partial charge in [-0.1, -0.05) is 11.6 Å². The van der Waals surface area contributed by atoms with E-state index < -0.39 is 11.6 Å². The van der Waals surface area contributed by atoms with Gasteiger partial charge in [-0.2, -0.15) is 0 Å². The number of pyridine rings is 1. The van der Waals surface area contributed by atoms with Gasteiger partial charge >= 0.3 is 0 Å². The van der Waals surface area contributed by atoms with E-state index in [0.717, 1.165) is 32.0 Å². The van der Waals surface area contributed by atoms with Crippen LogP contribution >= 0.6 is 11.6 Å². The molecule has 2 saturated heterocycles. The predicted molar refractivity (Wildman–Crippen MR) is 141 cm³/mol. The number of nitrogens with zero attached hydrogens (tertiary/aromatic N) is 7. The van der Waals surface area contributed by atoms with Crippen LogP contribution in [0.5, 0.6) is 0 Å². The molecule has 0 aromatic carbocycles. The SMILES string of the molecule is CN1CCN(c2ccc(C(=O)N3CCC4(CC3)N=C(NC(=O)c3nc(Cl)c(N)nc3N)CN4)cn2)CC1. The molecule has 5 rings (SSSR count). The van der Waals surface area contributed by atoms with Crippen molar-refractivity contribution in [3.05, 3.63) is 34.7 Å². The zero-order valence-electron chi connectivity index (χ0n) is 20.6. The number of piperazine rings is 1. The topological polar surface area (TPSA) is 171 Å². The number of halogens is 1. The number of amidine groups is 1. The lowest BCUT2D eigenvalue weighted by Gasteiger charge is -2.37. The standard InChI is InChI=1S/C23H30ClN11O2/c1-33-8-10-34(11-9-33)16-3-2-14(12-27-16)22(37)35-6-4-23(5-7-35)28-13-15(32-23)29-21(36)17-19(25)31-20(26)18(24)30-17/h2-3,12,28H,4-11,13H2,1H3,(H4,25,26,31)(H,29,32,36). The van der Waals surface area contributed by atoms with Gasteiger partial charge in [0.1, 0.15) is 17.3 Å². The monoisotopic (exact) mass is 527 g/mol. The van der Waals surface area contributed by atoms with Crippen LogP contribution in [0, 0.1) is 0 Å². The normalized spacial score (nSPS) is 19.7. The number of rotatable bonds is 3. The number of likely N-dealkylation sites (tertiary alicyclic amines) is 1. The van der Waals surface area contributed by atoms with Crippen LogP contribution in [0.25, 0.3) is 0 Å². The molecule has 2 aromatic rings. The predicted octanol–water partition coefficient (Wildman–Crippen LogP) is -0.195.